The van der Waals surface area contributed by atoms with Crippen molar-refractivity contribution in [3.05, 3.63) is 0 Å². The van der Waals surface area contributed by atoms with E-state index in [1.54, 1.807) is 0 Å². The molecule has 0 aliphatic carbocycles. The van der Waals surface area contributed by atoms with E-state index in [0.717, 1.165) is 58.4 Å². The lowest BCUT2D eigenvalue weighted by molar-refractivity contribution is 0.0195. The van der Waals surface area contributed by atoms with Crippen LogP contribution >= 0.6 is 0 Å². The Kier molecular flexibility index (Phi) is 6.14. The zero-order chi connectivity index (χ0) is 16.1. The Bertz CT molecular complexity index is 396. The molecule has 0 aromatic heterocycles. The molecule has 0 spiro atoms. The van der Waals surface area contributed by atoms with Crippen LogP contribution in [-0.4, -0.2) is 98.8 Å². The van der Waals surface area contributed by atoms with Crippen LogP contribution < -0.4 is 5.32 Å². The molecule has 0 aromatic carbocycles. The van der Waals surface area contributed by atoms with Gasteiger partial charge in [0.05, 0.1) is 13.2 Å². The van der Waals surface area contributed by atoms with Crippen molar-refractivity contribution in [1.29, 1.82) is 0 Å². The number of morpholine rings is 1. The quantitative estimate of drug-likeness (QED) is 0.601. The summed E-state index contributed by atoms with van der Waals surface area (Å²) in [6.45, 7) is 11.9. The van der Waals surface area contributed by atoms with Gasteiger partial charge in [-0.25, -0.2) is 0 Å². The topological polar surface area (TPSA) is 43.3 Å². The fraction of sp³-hybridized carbons (Fsp3) is 0.941. The van der Waals surface area contributed by atoms with Gasteiger partial charge in [-0.05, 0) is 32.4 Å². The first-order valence-electron chi connectivity index (χ1n) is 9.33. The molecule has 0 radical (unpaired) electrons. The van der Waals surface area contributed by atoms with E-state index in [9.17, 15) is 0 Å². The van der Waals surface area contributed by atoms with Gasteiger partial charge in [0.25, 0.3) is 0 Å². The molecule has 0 aromatic rings. The predicted octanol–water partition coefficient (Wildman–Crippen LogP) is 0.453. The molecule has 3 aliphatic rings. The number of guanidine groups is 1. The number of likely N-dealkylation sites (tertiary alicyclic amines) is 2. The van der Waals surface area contributed by atoms with Crippen LogP contribution in [0, 0.1) is 0 Å². The van der Waals surface area contributed by atoms with Gasteiger partial charge in [0.15, 0.2) is 5.96 Å². The van der Waals surface area contributed by atoms with Gasteiger partial charge in [-0.3, -0.25) is 14.8 Å². The van der Waals surface area contributed by atoms with Gasteiger partial charge in [-0.2, -0.15) is 0 Å². The second kappa shape index (κ2) is 8.31. The lowest BCUT2D eigenvalue weighted by Crippen LogP contribution is -2.48. The molecule has 1 N–H and O–H groups in total. The summed E-state index contributed by atoms with van der Waals surface area (Å²) < 4.78 is 5.47. The van der Waals surface area contributed by atoms with Gasteiger partial charge < -0.3 is 15.0 Å². The van der Waals surface area contributed by atoms with Crippen LogP contribution in [0.15, 0.2) is 4.99 Å². The Balaban J connectivity index is 1.47. The molecule has 0 saturated carbocycles. The van der Waals surface area contributed by atoms with Gasteiger partial charge in [0, 0.05) is 51.9 Å². The molecule has 0 bridgehead atoms. The predicted molar refractivity (Wildman–Crippen MR) is 94.0 cm³/mol. The minimum Gasteiger partial charge on any atom is -0.379 e. The third-order valence-corrected chi connectivity index (χ3v) is 5.64. The van der Waals surface area contributed by atoms with Crippen molar-refractivity contribution in [2.45, 2.75) is 38.3 Å². The molecule has 3 saturated heterocycles. The van der Waals surface area contributed by atoms with Crippen LogP contribution in [0.2, 0.25) is 0 Å². The highest BCUT2D eigenvalue weighted by Crippen LogP contribution is 2.18. The zero-order valence-corrected chi connectivity index (χ0v) is 14.8. The number of rotatable bonds is 4. The summed E-state index contributed by atoms with van der Waals surface area (Å²) in [5.41, 5.74) is 0. The minimum absolute atomic E-state index is 0.663. The standard InChI is InChI=1S/C17H33N5O/c1-3-20-7-4-5-15(20)13-19-17(18-2)22-8-6-16(14-22)21-9-11-23-12-10-21/h15-16H,3-14H2,1-2H3,(H,18,19). The summed E-state index contributed by atoms with van der Waals surface area (Å²) in [6.07, 6.45) is 3.89. The third kappa shape index (κ3) is 4.17. The number of aliphatic imine (C=N–C) groups is 1. The Morgan fingerprint density at radius 3 is 2.74 bits per heavy atom. The monoisotopic (exact) mass is 323 g/mol. The summed E-state index contributed by atoms with van der Waals surface area (Å²) in [4.78, 5) is 12.1. The summed E-state index contributed by atoms with van der Waals surface area (Å²) in [5.74, 6) is 1.09. The molecule has 23 heavy (non-hydrogen) atoms. The van der Waals surface area contributed by atoms with E-state index in [2.05, 4.69) is 31.9 Å². The average molecular weight is 323 g/mol. The van der Waals surface area contributed by atoms with Crippen LogP contribution in [0.4, 0.5) is 0 Å². The number of ether oxygens (including phenoxy) is 1. The zero-order valence-electron chi connectivity index (χ0n) is 14.8. The Labute approximate surface area is 140 Å². The maximum absolute atomic E-state index is 5.47. The molecule has 2 unspecified atom stereocenters. The van der Waals surface area contributed by atoms with Crippen LogP contribution in [0.3, 0.4) is 0 Å². The molecular weight excluding hydrogens is 290 g/mol. The van der Waals surface area contributed by atoms with Crippen molar-refractivity contribution in [1.82, 2.24) is 20.0 Å². The van der Waals surface area contributed by atoms with E-state index >= 15 is 0 Å². The Morgan fingerprint density at radius 2 is 2.00 bits per heavy atom. The lowest BCUT2D eigenvalue weighted by Gasteiger charge is -2.32. The summed E-state index contributed by atoms with van der Waals surface area (Å²) in [5, 5.41) is 3.63. The van der Waals surface area contributed by atoms with Crippen LogP contribution in [0.5, 0.6) is 0 Å². The van der Waals surface area contributed by atoms with Crippen molar-refractivity contribution in [2.75, 3.05) is 66.1 Å². The number of nitrogens with zero attached hydrogens (tertiary/aromatic N) is 4. The molecule has 132 valence electrons. The second-order valence-electron chi connectivity index (χ2n) is 6.89. The normalized spacial score (nSPS) is 31.0. The number of nitrogens with one attached hydrogen (secondary N) is 1. The van der Waals surface area contributed by atoms with E-state index < -0.39 is 0 Å². The van der Waals surface area contributed by atoms with E-state index in [1.807, 2.05) is 7.05 Å². The molecule has 3 rings (SSSR count). The SMILES string of the molecule is CCN1CCCC1CNC(=NC)N1CCC(N2CCOCC2)C1. The van der Waals surface area contributed by atoms with Crippen molar-refractivity contribution in [2.24, 2.45) is 4.99 Å². The lowest BCUT2D eigenvalue weighted by atomic mass is 10.2. The highest BCUT2D eigenvalue weighted by molar-refractivity contribution is 5.80. The molecule has 0 amide bonds. The second-order valence-corrected chi connectivity index (χ2v) is 6.89. The minimum atomic E-state index is 0.663. The van der Waals surface area contributed by atoms with Crippen molar-refractivity contribution in [3.8, 4) is 0 Å². The van der Waals surface area contributed by atoms with Crippen molar-refractivity contribution in [3.63, 3.8) is 0 Å². The maximum Gasteiger partial charge on any atom is 0.193 e. The summed E-state index contributed by atoms with van der Waals surface area (Å²) in [6, 6.07) is 1.34. The van der Waals surface area contributed by atoms with Gasteiger partial charge in [0.2, 0.25) is 0 Å². The highest BCUT2D eigenvalue weighted by Gasteiger charge is 2.31. The molecule has 3 heterocycles. The first kappa shape index (κ1) is 17.0. The molecule has 3 fully saturated rings. The molecule has 3 aliphatic heterocycles. The fourth-order valence-corrected chi connectivity index (χ4v) is 4.26. The first-order valence-corrected chi connectivity index (χ1v) is 9.33. The number of hydrogen-bond donors (Lipinski definition) is 1. The van der Waals surface area contributed by atoms with Gasteiger partial charge in [0.1, 0.15) is 0 Å². The Hall–Kier alpha value is -0.850. The third-order valence-electron chi connectivity index (χ3n) is 5.64. The maximum atomic E-state index is 5.47. The number of likely N-dealkylation sites (N-methyl/N-ethyl adjacent to an activating group) is 1. The van der Waals surface area contributed by atoms with E-state index in [4.69, 9.17) is 4.74 Å². The molecule has 6 nitrogen and oxygen atoms in total. The number of hydrogen-bond acceptors (Lipinski definition) is 4. The van der Waals surface area contributed by atoms with Gasteiger partial charge in [-0.1, -0.05) is 6.92 Å². The highest BCUT2D eigenvalue weighted by atomic mass is 16.5. The van der Waals surface area contributed by atoms with E-state index in [1.165, 1.54) is 25.8 Å². The Morgan fingerprint density at radius 1 is 1.17 bits per heavy atom. The van der Waals surface area contributed by atoms with Crippen LogP contribution in [-0.2, 0) is 4.74 Å². The van der Waals surface area contributed by atoms with Crippen LogP contribution in [0.1, 0.15) is 26.2 Å². The first-order chi connectivity index (χ1) is 11.3. The van der Waals surface area contributed by atoms with Crippen molar-refractivity contribution >= 4 is 5.96 Å². The molecule has 2 atom stereocenters. The fourth-order valence-electron chi connectivity index (χ4n) is 4.26. The van der Waals surface area contributed by atoms with Crippen molar-refractivity contribution < 1.29 is 4.74 Å². The van der Waals surface area contributed by atoms with E-state index in [-0.39, 0.29) is 0 Å². The average Bonchev–Trinajstić information content (AvgIpc) is 3.25. The molecular formula is C17H33N5O. The molecule has 6 heteroatoms. The van der Waals surface area contributed by atoms with Gasteiger partial charge in [-0.15, -0.1) is 0 Å². The summed E-state index contributed by atoms with van der Waals surface area (Å²) >= 11 is 0. The smallest absolute Gasteiger partial charge is 0.193 e. The summed E-state index contributed by atoms with van der Waals surface area (Å²) in [7, 11) is 1.91. The largest absolute Gasteiger partial charge is 0.379 e. The van der Waals surface area contributed by atoms with E-state index in [0.29, 0.717) is 12.1 Å². The van der Waals surface area contributed by atoms with Crippen LogP contribution in [0.25, 0.3) is 0 Å². The van der Waals surface area contributed by atoms with Gasteiger partial charge >= 0.3 is 0 Å².